The minimum atomic E-state index is -1.10. The van der Waals surface area contributed by atoms with E-state index in [1.807, 2.05) is 0 Å². The molecular weight excluding hydrogens is 128 g/mol. The van der Waals surface area contributed by atoms with Crippen LogP contribution in [0.4, 0.5) is 0 Å². The number of carbonyl (C=O) groups excluding carboxylic acids is 1. The Kier molecular flexibility index (Phi) is 5.83. The smallest absolute Gasteiger partial charge is 0.242 e. The number of unbranched alkanes of at least 4 members (excludes halogenated alkanes) is 3. The van der Waals surface area contributed by atoms with Crippen LogP contribution in [0.3, 0.4) is 0 Å². The number of rotatable bonds is 5. The Morgan fingerprint density at radius 1 is 1.40 bits per heavy atom. The Hall–Kier alpha value is -0.790. The molecule has 0 fully saturated rings. The van der Waals surface area contributed by atoms with Crippen LogP contribution in [0.25, 0.3) is 0 Å². The van der Waals surface area contributed by atoms with Crippen molar-refractivity contribution in [2.45, 2.75) is 32.6 Å². The fraction of sp³-hybridized carbons (Fsp3) is 0.625. The van der Waals surface area contributed by atoms with Crippen LogP contribution in [-0.4, -0.2) is 5.97 Å². The molecule has 0 aromatic rings. The van der Waals surface area contributed by atoms with E-state index in [2.05, 4.69) is 6.92 Å². The maximum atomic E-state index is 9.83. The van der Waals surface area contributed by atoms with Crippen molar-refractivity contribution in [1.82, 2.24) is 0 Å². The van der Waals surface area contributed by atoms with Crippen LogP contribution in [0.2, 0.25) is 0 Å². The molecule has 0 aliphatic carbocycles. The lowest BCUT2D eigenvalue weighted by atomic mass is 10.2. The number of allylic oxidation sites excluding steroid dienone is 1. The summed E-state index contributed by atoms with van der Waals surface area (Å²) in [6.07, 6.45) is 6.99. The summed E-state index contributed by atoms with van der Waals surface area (Å²) in [6, 6.07) is 0. The van der Waals surface area contributed by atoms with E-state index in [0.29, 0.717) is 0 Å². The lowest BCUT2D eigenvalue weighted by Gasteiger charge is -1.89. The van der Waals surface area contributed by atoms with Gasteiger partial charge >= 0.3 is 5.97 Å². The van der Waals surface area contributed by atoms with Crippen molar-refractivity contribution < 1.29 is 9.90 Å². The van der Waals surface area contributed by atoms with Crippen molar-refractivity contribution in [3.8, 4) is 0 Å². The quantitative estimate of drug-likeness (QED) is 0.426. The van der Waals surface area contributed by atoms with E-state index in [4.69, 9.17) is 0 Å². The van der Waals surface area contributed by atoms with Crippen molar-refractivity contribution in [3.63, 3.8) is 0 Å². The zero-order chi connectivity index (χ0) is 7.82. The maximum absolute atomic E-state index is 9.83. The van der Waals surface area contributed by atoms with Gasteiger partial charge in [0.05, 0.1) is 0 Å². The zero-order valence-electron chi connectivity index (χ0n) is 6.30. The molecule has 0 amide bonds. The SMILES string of the molecule is CCCCC/C=C/C([O])=O. The molecule has 0 aromatic heterocycles. The molecule has 0 unspecified atom stereocenters. The molecule has 0 saturated heterocycles. The van der Waals surface area contributed by atoms with Crippen LogP contribution < -0.4 is 0 Å². The highest BCUT2D eigenvalue weighted by Gasteiger charge is 1.87. The summed E-state index contributed by atoms with van der Waals surface area (Å²) in [6.45, 7) is 2.11. The Bertz CT molecular complexity index is 116. The number of carbonyl (C=O) groups is 1. The number of hydrogen-bond donors (Lipinski definition) is 0. The fourth-order valence-corrected chi connectivity index (χ4v) is 0.692. The van der Waals surface area contributed by atoms with Crippen LogP contribution in [0.5, 0.6) is 0 Å². The number of hydrogen-bond acceptors (Lipinski definition) is 1. The Balaban J connectivity index is 3.10. The van der Waals surface area contributed by atoms with Crippen molar-refractivity contribution in [1.29, 1.82) is 0 Å². The highest BCUT2D eigenvalue weighted by molar-refractivity contribution is 5.79. The summed E-state index contributed by atoms with van der Waals surface area (Å²) in [5.74, 6) is -1.10. The van der Waals surface area contributed by atoms with Gasteiger partial charge in [0.25, 0.3) is 0 Å². The van der Waals surface area contributed by atoms with Gasteiger partial charge < -0.3 is 0 Å². The first kappa shape index (κ1) is 9.21. The third-order valence-corrected chi connectivity index (χ3v) is 1.23. The van der Waals surface area contributed by atoms with Crippen molar-refractivity contribution in [2.24, 2.45) is 0 Å². The second-order valence-corrected chi connectivity index (χ2v) is 2.22. The van der Waals surface area contributed by atoms with Gasteiger partial charge in [0.2, 0.25) is 0 Å². The molecule has 57 valence electrons. The molecule has 1 radical (unpaired) electrons. The molecule has 0 bridgehead atoms. The van der Waals surface area contributed by atoms with Crippen molar-refractivity contribution in [3.05, 3.63) is 12.2 Å². The van der Waals surface area contributed by atoms with Gasteiger partial charge in [-0.25, -0.2) is 9.90 Å². The van der Waals surface area contributed by atoms with Gasteiger partial charge in [-0.05, 0) is 12.8 Å². The maximum Gasteiger partial charge on any atom is 0.378 e. The van der Waals surface area contributed by atoms with Crippen molar-refractivity contribution >= 4 is 5.97 Å². The van der Waals surface area contributed by atoms with Gasteiger partial charge in [-0.3, -0.25) is 0 Å². The molecule has 0 spiro atoms. The summed E-state index contributed by atoms with van der Waals surface area (Å²) < 4.78 is 0. The van der Waals surface area contributed by atoms with E-state index < -0.39 is 5.97 Å². The highest BCUT2D eigenvalue weighted by atomic mass is 16.4. The third kappa shape index (κ3) is 7.21. The van der Waals surface area contributed by atoms with Gasteiger partial charge in [0.15, 0.2) is 0 Å². The Morgan fingerprint density at radius 3 is 2.60 bits per heavy atom. The fourth-order valence-electron chi connectivity index (χ4n) is 0.692. The molecule has 0 N–H and O–H groups in total. The van der Waals surface area contributed by atoms with E-state index in [9.17, 15) is 9.90 Å². The van der Waals surface area contributed by atoms with Crippen molar-refractivity contribution in [2.75, 3.05) is 0 Å². The summed E-state index contributed by atoms with van der Waals surface area (Å²) >= 11 is 0. The first-order chi connectivity index (χ1) is 4.77. The summed E-state index contributed by atoms with van der Waals surface area (Å²) in [5.41, 5.74) is 0. The third-order valence-electron chi connectivity index (χ3n) is 1.23. The monoisotopic (exact) mass is 141 g/mol. The molecule has 10 heavy (non-hydrogen) atoms. The van der Waals surface area contributed by atoms with E-state index in [-0.39, 0.29) is 0 Å². The van der Waals surface area contributed by atoms with Crippen LogP contribution in [0.15, 0.2) is 12.2 Å². The van der Waals surface area contributed by atoms with E-state index >= 15 is 0 Å². The predicted octanol–water partition coefficient (Wildman–Crippen LogP) is 2.08. The van der Waals surface area contributed by atoms with Crippen LogP contribution >= 0.6 is 0 Å². The molecule has 0 heterocycles. The van der Waals surface area contributed by atoms with Gasteiger partial charge in [-0.1, -0.05) is 25.8 Å². The van der Waals surface area contributed by atoms with Gasteiger partial charge in [-0.15, -0.1) is 0 Å². The summed E-state index contributed by atoms with van der Waals surface area (Å²) in [7, 11) is 0. The molecule has 0 aliphatic heterocycles. The Morgan fingerprint density at radius 2 is 2.10 bits per heavy atom. The second-order valence-electron chi connectivity index (χ2n) is 2.22. The van der Waals surface area contributed by atoms with Gasteiger partial charge in [0, 0.05) is 6.08 Å². The summed E-state index contributed by atoms with van der Waals surface area (Å²) in [5, 5.41) is 9.83. The lowest BCUT2D eigenvalue weighted by molar-refractivity contribution is -0.137. The van der Waals surface area contributed by atoms with Gasteiger partial charge in [0.1, 0.15) is 0 Å². The van der Waals surface area contributed by atoms with E-state index in [1.54, 1.807) is 6.08 Å². The van der Waals surface area contributed by atoms with Crippen LogP contribution in [0, 0.1) is 0 Å². The Labute approximate surface area is 61.6 Å². The van der Waals surface area contributed by atoms with Crippen LogP contribution in [0.1, 0.15) is 32.6 Å². The molecular formula is C8H13O2. The molecule has 0 atom stereocenters. The van der Waals surface area contributed by atoms with E-state index in [0.717, 1.165) is 25.3 Å². The average Bonchev–Trinajstić information content (AvgIpc) is 1.87. The molecule has 0 aromatic carbocycles. The highest BCUT2D eigenvalue weighted by Crippen LogP contribution is 1.98. The minimum Gasteiger partial charge on any atom is -0.242 e. The first-order valence-corrected chi connectivity index (χ1v) is 3.65. The predicted molar refractivity (Wildman–Crippen MR) is 39.0 cm³/mol. The standard InChI is InChI=1S/C8H13O2/c1-2-3-4-5-6-7-8(9)10/h6-7H,2-5H2,1H3/b7-6+. The topological polar surface area (TPSA) is 37.0 Å². The molecule has 2 heteroatoms. The molecule has 2 nitrogen and oxygen atoms in total. The largest absolute Gasteiger partial charge is 0.378 e. The van der Waals surface area contributed by atoms with Gasteiger partial charge in [-0.2, -0.15) is 0 Å². The second kappa shape index (κ2) is 6.33. The van der Waals surface area contributed by atoms with E-state index in [1.165, 1.54) is 6.42 Å². The molecule has 0 rings (SSSR count). The molecule has 0 saturated carbocycles. The normalized spacial score (nSPS) is 10.5. The lowest BCUT2D eigenvalue weighted by Crippen LogP contribution is -1.82. The molecule has 0 aliphatic rings. The zero-order valence-corrected chi connectivity index (χ0v) is 6.30. The van der Waals surface area contributed by atoms with Crippen LogP contribution in [-0.2, 0) is 9.90 Å². The average molecular weight is 141 g/mol. The minimum absolute atomic E-state index is 0.849. The summed E-state index contributed by atoms with van der Waals surface area (Å²) in [4.78, 5) is 9.83. The first-order valence-electron chi connectivity index (χ1n) is 3.65.